The average Bonchev–Trinajstić information content (AvgIpc) is 3.42. The first-order valence-electron chi connectivity index (χ1n) is 10.1. The summed E-state index contributed by atoms with van der Waals surface area (Å²) >= 11 is 0. The molecule has 4 atom stereocenters. The maximum Gasteiger partial charge on any atom is 0.335 e. The molecule has 0 spiro atoms. The van der Waals surface area contributed by atoms with Gasteiger partial charge in [0.15, 0.2) is 0 Å². The lowest BCUT2D eigenvalue weighted by molar-refractivity contribution is -0.123. The molecule has 1 heterocycles. The van der Waals surface area contributed by atoms with Gasteiger partial charge in [0.25, 0.3) is 5.91 Å². The van der Waals surface area contributed by atoms with Gasteiger partial charge in [0.2, 0.25) is 11.8 Å². The highest BCUT2D eigenvalue weighted by atomic mass is 16.4. The maximum atomic E-state index is 13.0. The van der Waals surface area contributed by atoms with E-state index in [1.54, 1.807) is 24.3 Å². The van der Waals surface area contributed by atoms with Gasteiger partial charge in [-0.05, 0) is 73.6 Å². The third-order valence-corrected chi connectivity index (χ3v) is 6.68. The van der Waals surface area contributed by atoms with Crippen molar-refractivity contribution in [3.63, 3.8) is 0 Å². The SMILES string of the molecule is O=C(O)c1ccc(NC(=O)c2cccc(N3C(=O)[C@H]4[C@@H]5CC[C@@H](C5)[C@@H]4C3=O)c2)cc1. The number of carbonyl (C=O) groups is 4. The number of carboxylic acid groups (broad SMARTS) is 1. The second-order valence-electron chi connectivity index (χ2n) is 8.28. The molecule has 0 aromatic heterocycles. The van der Waals surface area contributed by atoms with Gasteiger partial charge in [-0.3, -0.25) is 19.3 Å². The Morgan fingerprint density at radius 3 is 2.13 bits per heavy atom. The zero-order valence-electron chi connectivity index (χ0n) is 16.1. The number of fused-ring (bicyclic) bond motifs is 5. The molecule has 0 unspecified atom stereocenters. The lowest BCUT2D eigenvalue weighted by Crippen LogP contribution is -2.33. The molecule has 7 nitrogen and oxygen atoms in total. The van der Waals surface area contributed by atoms with E-state index in [1.165, 1.54) is 29.2 Å². The van der Waals surface area contributed by atoms with Gasteiger partial charge in [0.1, 0.15) is 0 Å². The number of hydrogen-bond acceptors (Lipinski definition) is 4. The van der Waals surface area contributed by atoms with E-state index in [2.05, 4.69) is 5.32 Å². The van der Waals surface area contributed by atoms with Crippen LogP contribution >= 0.6 is 0 Å². The third-order valence-electron chi connectivity index (χ3n) is 6.68. The monoisotopic (exact) mass is 404 g/mol. The number of carboxylic acids is 1. The first-order valence-corrected chi connectivity index (χ1v) is 10.1. The van der Waals surface area contributed by atoms with E-state index in [0.29, 0.717) is 28.8 Å². The molecule has 2 bridgehead atoms. The van der Waals surface area contributed by atoms with Crippen LogP contribution in [0.3, 0.4) is 0 Å². The fourth-order valence-electron chi connectivity index (χ4n) is 5.35. The van der Waals surface area contributed by atoms with Crippen LogP contribution in [0.2, 0.25) is 0 Å². The zero-order chi connectivity index (χ0) is 21.0. The minimum absolute atomic E-state index is 0.126. The van der Waals surface area contributed by atoms with Crippen LogP contribution in [0, 0.1) is 23.7 Å². The van der Waals surface area contributed by atoms with Gasteiger partial charge in [-0.2, -0.15) is 0 Å². The number of nitrogens with one attached hydrogen (secondary N) is 1. The number of aromatic carboxylic acids is 1. The molecule has 152 valence electrons. The highest BCUT2D eigenvalue weighted by molar-refractivity contribution is 6.23. The van der Waals surface area contributed by atoms with E-state index in [9.17, 15) is 19.2 Å². The smallest absolute Gasteiger partial charge is 0.335 e. The number of nitrogens with zero attached hydrogens (tertiary/aromatic N) is 1. The number of rotatable bonds is 4. The Kier molecular flexibility index (Phi) is 4.20. The molecule has 7 heteroatoms. The topological polar surface area (TPSA) is 104 Å². The van der Waals surface area contributed by atoms with Crippen molar-refractivity contribution in [3.8, 4) is 0 Å². The predicted molar refractivity (Wildman–Crippen MR) is 108 cm³/mol. The van der Waals surface area contributed by atoms with Gasteiger partial charge in [0, 0.05) is 11.3 Å². The van der Waals surface area contributed by atoms with E-state index in [1.807, 2.05) is 0 Å². The summed E-state index contributed by atoms with van der Waals surface area (Å²) in [4.78, 5) is 50.9. The number of carbonyl (C=O) groups excluding carboxylic acids is 3. The van der Waals surface area contributed by atoms with Gasteiger partial charge >= 0.3 is 5.97 Å². The number of hydrogen-bond donors (Lipinski definition) is 2. The fourth-order valence-corrected chi connectivity index (χ4v) is 5.35. The van der Waals surface area contributed by atoms with Gasteiger partial charge in [-0.1, -0.05) is 6.07 Å². The molecule has 2 N–H and O–H groups in total. The number of benzene rings is 2. The molecule has 5 rings (SSSR count). The van der Waals surface area contributed by atoms with E-state index in [-0.39, 0.29) is 29.2 Å². The first kappa shape index (κ1) is 18.5. The second-order valence-corrected chi connectivity index (χ2v) is 8.28. The minimum Gasteiger partial charge on any atom is -0.478 e. The third kappa shape index (κ3) is 2.81. The van der Waals surface area contributed by atoms with Crippen LogP contribution in [0.5, 0.6) is 0 Å². The Bertz CT molecular complexity index is 1050. The van der Waals surface area contributed by atoms with Crippen LogP contribution in [0.1, 0.15) is 40.0 Å². The normalized spacial score (nSPS) is 26.7. The molecule has 2 saturated carbocycles. The lowest BCUT2D eigenvalue weighted by atomic mass is 9.81. The Morgan fingerprint density at radius 1 is 0.900 bits per heavy atom. The Morgan fingerprint density at radius 2 is 1.53 bits per heavy atom. The summed E-state index contributed by atoms with van der Waals surface area (Å²) in [7, 11) is 0. The van der Waals surface area contributed by atoms with Crippen LogP contribution in [-0.4, -0.2) is 28.8 Å². The molecular formula is C23H20N2O5. The fraction of sp³-hybridized carbons (Fsp3) is 0.304. The summed E-state index contributed by atoms with van der Waals surface area (Å²) in [5.41, 5.74) is 1.32. The van der Waals surface area contributed by atoms with Crippen LogP contribution in [-0.2, 0) is 9.59 Å². The summed E-state index contributed by atoms with van der Waals surface area (Å²) in [6.45, 7) is 0. The largest absolute Gasteiger partial charge is 0.478 e. The van der Waals surface area contributed by atoms with Crippen molar-refractivity contribution < 1.29 is 24.3 Å². The molecule has 3 aliphatic rings. The Labute approximate surface area is 172 Å². The first-order chi connectivity index (χ1) is 14.4. The molecule has 2 aromatic rings. The Balaban J connectivity index is 1.37. The number of imide groups is 1. The zero-order valence-corrected chi connectivity index (χ0v) is 16.1. The number of amides is 3. The second kappa shape index (κ2) is 6.79. The molecule has 1 aliphatic heterocycles. The van der Waals surface area contributed by atoms with E-state index in [4.69, 9.17) is 5.11 Å². The van der Waals surface area contributed by atoms with Crippen molar-refractivity contribution in [2.45, 2.75) is 19.3 Å². The summed E-state index contributed by atoms with van der Waals surface area (Å²) in [5.74, 6) is -1.53. The minimum atomic E-state index is -1.04. The molecule has 30 heavy (non-hydrogen) atoms. The molecule has 2 aromatic carbocycles. The molecule has 2 aliphatic carbocycles. The van der Waals surface area contributed by atoms with Crippen LogP contribution in [0.25, 0.3) is 0 Å². The lowest BCUT2D eigenvalue weighted by Gasteiger charge is -2.19. The maximum absolute atomic E-state index is 13.0. The highest BCUT2D eigenvalue weighted by Crippen LogP contribution is 2.56. The van der Waals surface area contributed by atoms with Gasteiger partial charge < -0.3 is 10.4 Å². The van der Waals surface area contributed by atoms with Gasteiger partial charge in [0.05, 0.1) is 23.1 Å². The molecule has 0 radical (unpaired) electrons. The summed E-state index contributed by atoms with van der Waals surface area (Å²) in [6.07, 6.45) is 3.01. The standard InChI is InChI=1S/C23H20N2O5/c26-20(24-16-8-6-12(7-9-16)23(29)30)15-2-1-3-17(11-15)25-21(27)18-13-4-5-14(10-13)19(18)22(25)28/h1-3,6-9,11,13-14,18-19H,4-5,10H2,(H,24,26)(H,29,30)/t13-,14+,18-,19-/m0/s1. The van der Waals surface area contributed by atoms with Crippen LogP contribution in [0.15, 0.2) is 48.5 Å². The van der Waals surface area contributed by atoms with Crippen molar-refractivity contribution in [1.29, 1.82) is 0 Å². The van der Waals surface area contributed by atoms with Crippen molar-refractivity contribution in [1.82, 2.24) is 0 Å². The summed E-state index contributed by atoms with van der Waals surface area (Å²) in [5, 5.41) is 11.7. The van der Waals surface area contributed by atoms with Crippen LogP contribution < -0.4 is 10.2 Å². The van der Waals surface area contributed by atoms with Crippen molar-refractivity contribution in [3.05, 3.63) is 59.7 Å². The summed E-state index contributed by atoms with van der Waals surface area (Å²) < 4.78 is 0. The molecule has 1 saturated heterocycles. The quantitative estimate of drug-likeness (QED) is 0.762. The number of anilines is 2. The average molecular weight is 404 g/mol. The van der Waals surface area contributed by atoms with Gasteiger partial charge in [-0.15, -0.1) is 0 Å². The highest BCUT2D eigenvalue weighted by Gasteiger charge is 2.61. The molecular weight excluding hydrogens is 384 g/mol. The molecule has 3 fully saturated rings. The predicted octanol–water partition coefficient (Wildman–Crippen LogP) is 3.17. The molecule has 3 amide bonds. The van der Waals surface area contributed by atoms with E-state index < -0.39 is 11.9 Å². The van der Waals surface area contributed by atoms with Crippen molar-refractivity contribution in [2.24, 2.45) is 23.7 Å². The van der Waals surface area contributed by atoms with Gasteiger partial charge in [-0.25, -0.2) is 4.79 Å². The van der Waals surface area contributed by atoms with E-state index >= 15 is 0 Å². The van der Waals surface area contributed by atoms with E-state index in [0.717, 1.165) is 19.3 Å². The van der Waals surface area contributed by atoms with Crippen LogP contribution in [0.4, 0.5) is 11.4 Å². The summed E-state index contributed by atoms with van der Waals surface area (Å²) in [6, 6.07) is 12.3. The van der Waals surface area contributed by atoms with Crippen molar-refractivity contribution >= 4 is 35.1 Å². The van der Waals surface area contributed by atoms with Crippen molar-refractivity contribution in [2.75, 3.05) is 10.2 Å². The Hall–Kier alpha value is -3.48.